The molecule has 15 aromatic rings. The molecule has 0 bridgehead atoms. The first-order valence-electron chi connectivity index (χ1n) is 42.5. The van der Waals surface area contributed by atoms with Gasteiger partial charge in [-0.15, -0.1) is 0 Å². The van der Waals surface area contributed by atoms with Crippen molar-refractivity contribution in [3.8, 4) is 23.0 Å². The van der Waals surface area contributed by atoms with Gasteiger partial charge in [0.05, 0.1) is 37.2 Å². The van der Waals surface area contributed by atoms with E-state index in [1.807, 2.05) is 158 Å². The van der Waals surface area contributed by atoms with Gasteiger partial charge in [-0.1, -0.05) is 291 Å². The van der Waals surface area contributed by atoms with Crippen molar-refractivity contribution in [2.75, 3.05) is 45.7 Å². The maximum Gasteiger partial charge on any atom is 0.255 e. The zero-order valence-electron chi connectivity index (χ0n) is 71.2. The topological polar surface area (TPSA) is 230 Å². The molecule has 0 aliphatic heterocycles. The standard InChI is InChI=1S/C23H24N2O3.C22H20ClNO.2C22H21NO2.C21H20N2O/c1-27-20-9-5-17(6-10-20)22(18-7-11-21(28-2)12-8-18)13-15-25-23(26)19-4-3-14-24-16-19;23-20-13-11-19(12-14-20)22(25)24-16-15-21(17-7-3-1-4-8-17)18-9-5-2-6-10-18;24-21-14-8-7-13-20(21)22(25)23-16-15-19(17-9-3-1-4-10-17)18-11-5-2-6-12-18;24-20-13-11-19(12-14-20)22(25)23-16-15-21(17-7-3-1-4-8-17)18-9-5-2-6-10-18;24-21(23-19-12-7-15-22-16-19)14-13-20(17-8-3-1-4-9-17)18-10-5-2-6-11-18/h3-12,14,16,22H,13,15H2,1-2H3,(H,25,26);1-14,21H,15-16H2,(H,24,25);1-14,19,24H,15-16H2,(H,23,25);1-14,21,24H,15-16H2,(H,23,25);1-12,15-16,20H,13-14H2,(H,23,24). The Kier molecular flexibility index (Phi) is 37.4. The van der Waals surface area contributed by atoms with Crippen molar-refractivity contribution < 1.29 is 43.7 Å². The van der Waals surface area contributed by atoms with Crippen molar-refractivity contribution in [1.82, 2.24) is 31.2 Å². The highest BCUT2D eigenvalue weighted by Gasteiger charge is 2.22. The van der Waals surface area contributed by atoms with Gasteiger partial charge in [-0.25, -0.2) is 0 Å². The predicted molar refractivity (Wildman–Crippen MR) is 509 cm³/mol. The highest BCUT2D eigenvalue weighted by molar-refractivity contribution is 6.30. The fourth-order valence-electron chi connectivity index (χ4n) is 14.8. The van der Waals surface area contributed by atoms with E-state index in [1.54, 1.807) is 106 Å². The number of aromatic hydroxyl groups is 2. The van der Waals surface area contributed by atoms with Crippen LogP contribution >= 0.6 is 11.6 Å². The summed E-state index contributed by atoms with van der Waals surface area (Å²) >= 11 is 5.87. The first kappa shape index (κ1) is 92.7. The molecule has 0 fully saturated rings. The molecule has 15 rings (SSSR count). The lowest BCUT2D eigenvalue weighted by molar-refractivity contribution is -0.116. The molecule has 16 nitrogen and oxygen atoms in total. The van der Waals surface area contributed by atoms with E-state index in [0.717, 1.165) is 49.3 Å². The maximum absolute atomic E-state index is 12.3. The second-order valence-corrected chi connectivity index (χ2v) is 30.4. The summed E-state index contributed by atoms with van der Waals surface area (Å²) in [6.45, 7) is 2.27. The number of methoxy groups -OCH3 is 2. The summed E-state index contributed by atoms with van der Waals surface area (Å²) in [5.41, 5.74) is 15.0. The van der Waals surface area contributed by atoms with Crippen LogP contribution in [0.2, 0.25) is 5.02 Å². The third-order valence-corrected chi connectivity index (χ3v) is 21.7. The zero-order chi connectivity index (χ0) is 88.8. The van der Waals surface area contributed by atoms with Gasteiger partial charge >= 0.3 is 0 Å². The number of phenolic OH excluding ortho intramolecular Hbond substituents is 2. The van der Waals surface area contributed by atoms with Crippen molar-refractivity contribution in [3.05, 3.63) is 496 Å². The Morgan fingerprint density at radius 1 is 0.299 bits per heavy atom. The van der Waals surface area contributed by atoms with Crippen molar-refractivity contribution in [1.29, 1.82) is 0 Å². The minimum absolute atomic E-state index is 0.00247. The molecule has 2 aromatic heterocycles. The Labute approximate surface area is 749 Å². The third kappa shape index (κ3) is 30.2. The number of anilines is 1. The van der Waals surface area contributed by atoms with Crippen molar-refractivity contribution in [2.45, 2.75) is 68.1 Å². The van der Waals surface area contributed by atoms with E-state index >= 15 is 0 Å². The average Bonchev–Trinajstić information content (AvgIpc) is 0.841. The Morgan fingerprint density at radius 3 is 0.906 bits per heavy atom. The number of rotatable bonds is 32. The number of halogens is 1. The quantitative estimate of drug-likeness (QED) is 0.0210. The van der Waals surface area contributed by atoms with Crippen LogP contribution in [0.25, 0.3) is 0 Å². The van der Waals surface area contributed by atoms with E-state index in [2.05, 4.69) is 182 Å². The largest absolute Gasteiger partial charge is 0.508 e. The summed E-state index contributed by atoms with van der Waals surface area (Å²) in [6, 6.07) is 126. The number of para-hydroxylation sites is 1. The van der Waals surface area contributed by atoms with Gasteiger partial charge in [-0.05, 0) is 197 Å². The van der Waals surface area contributed by atoms with Gasteiger partial charge < -0.3 is 46.3 Å². The lowest BCUT2D eigenvalue weighted by Gasteiger charge is -2.19. The van der Waals surface area contributed by atoms with Crippen LogP contribution in [0.5, 0.6) is 23.0 Å². The molecule has 642 valence electrons. The van der Waals surface area contributed by atoms with Crippen LogP contribution in [-0.2, 0) is 4.79 Å². The number of hydrogen-bond acceptors (Lipinski definition) is 11. The highest BCUT2D eigenvalue weighted by Crippen LogP contribution is 2.35. The molecule has 17 heteroatoms. The van der Waals surface area contributed by atoms with Gasteiger partial charge in [0.2, 0.25) is 5.91 Å². The van der Waals surface area contributed by atoms with Crippen LogP contribution < -0.4 is 36.1 Å². The normalized spacial score (nSPS) is 10.6. The minimum atomic E-state index is -0.252. The number of carbonyl (C=O) groups excluding carboxylic acids is 5. The van der Waals surface area contributed by atoms with Crippen LogP contribution in [-0.4, -0.2) is 90.1 Å². The number of phenols is 2. The summed E-state index contributed by atoms with van der Waals surface area (Å²) in [4.78, 5) is 69.3. The molecule has 0 unspecified atom stereocenters. The van der Waals surface area contributed by atoms with Crippen molar-refractivity contribution in [2.24, 2.45) is 0 Å². The lowest BCUT2D eigenvalue weighted by atomic mass is 9.87. The summed E-state index contributed by atoms with van der Waals surface area (Å²) in [6.07, 6.45) is 11.0. The number of pyridine rings is 2. The molecular weight excluding hydrogens is 1600 g/mol. The Bertz CT molecular complexity index is 5370. The molecule has 7 N–H and O–H groups in total. The molecule has 0 aliphatic carbocycles. The van der Waals surface area contributed by atoms with E-state index in [4.69, 9.17) is 21.1 Å². The van der Waals surface area contributed by atoms with E-state index in [9.17, 15) is 34.2 Å². The van der Waals surface area contributed by atoms with Gasteiger partial charge in [-0.3, -0.25) is 33.9 Å². The number of carbonyl (C=O) groups is 5. The van der Waals surface area contributed by atoms with Gasteiger partial charge in [0, 0.05) is 96.9 Å². The summed E-state index contributed by atoms with van der Waals surface area (Å²) in [5.74, 6) is 2.32. The molecule has 5 amide bonds. The molecule has 0 saturated heterocycles. The first-order valence-corrected chi connectivity index (χ1v) is 42.9. The molecular formula is C110H106ClN7O9. The molecule has 0 atom stereocenters. The fourth-order valence-corrected chi connectivity index (χ4v) is 14.9. The van der Waals surface area contributed by atoms with Crippen LogP contribution in [0.4, 0.5) is 5.69 Å². The Morgan fingerprint density at radius 2 is 0.591 bits per heavy atom. The lowest BCUT2D eigenvalue weighted by Crippen LogP contribution is -2.26. The molecule has 0 radical (unpaired) electrons. The van der Waals surface area contributed by atoms with Gasteiger partial charge in [0.25, 0.3) is 23.6 Å². The number of hydrogen-bond donors (Lipinski definition) is 7. The van der Waals surface area contributed by atoms with Gasteiger partial charge in [0.1, 0.15) is 23.0 Å². The van der Waals surface area contributed by atoms with E-state index in [0.29, 0.717) is 59.9 Å². The van der Waals surface area contributed by atoms with Crippen LogP contribution in [0, 0.1) is 0 Å². The summed E-state index contributed by atoms with van der Waals surface area (Å²) in [7, 11) is 3.31. The van der Waals surface area contributed by atoms with Crippen LogP contribution in [0.3, 0.4) is 0 Å². The molecule has 0 aliphatic rings. The van der Waals surface area contributed by atoms with Crippen LogP contribution in [0.1, 0.15) is 165 Å². The number of nitrogens with zero attached hydrogens (tertiary/aromatic N) is 2. The van der Waals surface area contributed by atoms with Crippen molar-refractivity contribution >= 4 is 46.8 Å². The fraction of sp³-hybridized carbons (Fsp3) is 0.155. The number of nitrogens with one attached hydrogen (secondary N) is 5. The monoisotopic (exact) mass is 1700 g/mol. The number of aromatic nitrogens is 2. The van der Waals surface area contributed by atoms with E-state index in [-0.39, 0.29) is 70.6 Å². The Hall–Kier alpha value is -15.0. The Balaban J connectivity index is 0.000000154. The zero-order valence-corrected chi connectivity index (χ0v) is 72.0. The van der Waals surface area contributed by atoms with Crippen molar-refractivity contribution in [3.63, 3.8) is 0 Å². The van der Waals surface area contributed by atoms with Gasteiger partial charge in [-0.2, -0.15) is 0 Å². The number of amides is 5. The predicted octanol–water partition coefficient (Wildman–Crippen LogP) is 22.7. The number of ether oxygens (including phenoxy) is 2. The molecule has 0 saturated carbocycles. The third-order valence-electron chi connectivity index (χ3n) is 21.4. The van der Waals surface area contributed by atoms with E-state index in [1.165, 1.54) is 73.8 Å². The average molecular weight is 1710 g/mol. The maximum atomic E-state index is 12.3. The molecule has 13 aromatic carbocycles. The molecule has 0 spiro atoms. The smallest absolute Gasteiger partial charge is 0.255 e. The minimum Gasteiger partial charge on any atom is -0.508 e. The highest BCUT2D eigenvalue weighted by atomic mass is 35.5. The second kappa shape index (κ2) is 51.2. The number of benzene rings is 13. The summed E-state index contributed by atoms with van der Waals surface area (Å²) in [5, 5.41) is 34.5. The SMILES string of the molecule is COc1ccc(C(CCNC(=O)c2cccnc2)c2ccc(OC)cc2)cc1.O=C(CCC(c1ccccc1)c1ccccc1)Nc1cccnc1.O=C(NCCC(c1ccccc1)c1ccccc1)c1ccc(Cl)cc1.O=C(NCCC(c1ccccc1)c1ccccc1)c1ccc(O)cc1.O=C(NCCC(c1ccccc1)c1ccccc1)c1ccccc1O. The van der Waals surface area contributed by atoms with Gasteiger partial charge in [0.15, 0.2) is 0 Å². The van der Waals surface area contributed by atoms with E-state index < -0.39 is 0 Å². The summed E-state index contributed by atoms with van der Waals surface area (Å²) < 4.78 is 10.5. The first-order chi connectivity index (χ1) is 62.3. The second-order valence-electron chi connectivity index (χ2n) is 29.9. The van der Waals surface area contributed by atoms with Crippen LogP contribution in [0.15, 0.2) is 413 Å². The molecule has 127 heavy (non-hydrogen) atoms. The molecule has 2 heterocycles.